The number of phosphoric ester groups is 1. The Bertz CT molecular complexity index is 1480. The lowest BCUT2D eigenvalue weighted by atomic mass is 9.90. The van der Waals surface area contributed by atoms with Crippen molar-refractivity contribution in [1.29, 1.82) is 0 Å². The third kappa shape index (κ3) is 8.67. The molecule has 1 aromatic heterocycles. The maximum Gasteiger partial charge on any atom is 0.419 e. The summed E-state index contributed by atoms with van der Waals surface area (Å²) in [6.07, 6.45) is -2.96. The summed E-state index contributed by atoms with van der Waals surface area (Å²) in [7, 11) is -5.21. The van der Waals surface area contributed by atoms with Gasteiger partial charge >= 0.3 is 6.18 Å². The van der Waals surface area contributed by atoms with E-state index < -0.39 is 31.7 Å². The molecular weight excluding hydrogens is 556 g/mol. The number of benzene rings is 3. The number of alkyl halides is 3. The zero-order chi connectivity index (χ0) is 29.7. The minimum atomic E-state index is -5.21. The quantitative estimate of drug-likeness (QED) is 0.151. The van der Waals surface area contributed by atoms with Crippen molar-refractivity contribution >= 4 is 18.7 Å². The number of para-hydroxylation sites is 1. The van der Waals surface area contributed by atoms with Crippen molar-refractivity contribution in [3.8, 4) is 17.0 Å². The Kier molecular flexibility index (Phi) is 9.62. The number of hydrogen-bond donors (Lipinski definition) is 2. The zero-order valence-corrected chi connectivity index (χ0v) is 23.5. The van der Waals surface area contributed by atoms with E-state index in [1.54, 1.807) is 6.92 Å². The zero-order valence-electron chi connectivity index (χ0n) is 22.6. The number of fused-ring (bicyclic) bond motifs is 1. The largest absolute Gasteiger partial charge is 0.790 e. The second-order valence-corrected chi connectivity index (χ2v) is 11.3. The molecular formula is C30H32F3N2O5P-2. The maximum absolute atomic E-state index is 13.8. The van der Waals surface area contributed by atoms with Crippen LogP contribution in [0.4, 0.5) is 13.2 Å². The fourth-order valence-electron chi connectivity index (χ4n) is 4.61. The number of H-pyrrole nitrogens is 1. The van der Waals surface area contributed by atoms with Crippen LogP contribution in [-0.4, -0.2) is 23.7 Å². The monoisotopic (exact) mass is 588 g/mol. The summed E-state index contributed by atoms with van der Waals surface area (Å²) < 4.78 is 62.2. The van der Waals surface area contributed by atoms with E-state index in [1.165, 1.54) is 12.1 Å². The van der Waals surface area contributed by atoms with Gasteiger partial charge in [-0.25, -0.2) is 0 Å². The normalized spacial score (nSPS) is 13.8. The molecule has 3 aromatic carbocycles. The molecule has 0 aliphatic heterocycles. The summed E-state index contributed by atoms with van der Waals surface area (Å²) in [4.78, 5) is 25.0. The molecule has 3 N–H and O–H groups in total. The predicted octanol–water partition coefficient (Wildman–Crippen LogP) is 5.75. The third-order valence-corrected chi connectivity index (χ3v) is 7.56. The van der Waals surface area contributed by atoms with E-state index in [-0.39, 0.29) is 31.6 Å². The van der Waals surface area contributed by atoms with Crippen LogP contribution in [0.5, 0.6) is 5.75 Å². The van der Waals surface area contributed by atoms with Crippen molar-refractivity contribution < 1.29 is 36.8 Å². The highest BCUT2D eigenvalue weighted by atomic mass is 31.2. The average Bonchev–Trinajstić information content (AvgIpc) is 3.37. The molecule has 1 unspecified atom stereocenters. The van der Waals surface area contributed by atoms with E-state index in [9.17, 15) is 27.5 Å². The summed E-state index contributed by atoms with van der Waals surface area (Å²) >= 11 is 0. The van der Waals surface area contributed by atoms with Gasteiger partial charge in [-0.1, -0.05) is 49.4 Å². The van der Waals surface area contributed by atoms with Crippen LogP contribution in [-0.2, 0) is 28.1 Å². The molecule has 0 spiro atoms. The van der Waals surface area contributed by atoms with E-state index >= 15 is 0 Å². The van der Waals surface area contributed by atoms with Gasteiger partial charge in [0.2, 0.25) is 0 Å². The Balaban J connectivity index is 1.36. The molecule has 0 amide bonds. The summed E-state index contributed by atoms with van der Waals surface area (Å²) in [6, 6.07) is 21.9. The number of halogens is 3. The third-order valence-electron chi connectivity index (χ3n) is 7.11. The van der Waals surface area contributed by atoms with Crippen LogP contribution >= 0.6 is 7.82 Å². The molecule has 220 valence electrons. The number of phosphoric acid groups is 1. The van der Waals surface area contributed by atoms with E-state index in [1.807, 2.05) is 42.5 Å². The van der Waals surface area contributed by atoms with Crippen LogP contribution in [0.25, 0.3) is 22.2 Å². The number of hydrogen-bond acceptors (Lipinski definition) is 6. The molecule has 0 bridgehead atoms. The number of nitrogens with one attached hydrogen (secondary N) is 1. The molecule has 0 aliphatic rings. The number of aromatic nitrogens is 1. The van der Waals surface area contributed by atoms with Crippen molar-refractivity contribution in [1.82, 2.24) is 4.98 Å². The van der Waals surface area contributed by atoms with Gasteiger partial charge in [0.15, 0.2) is 0 Å². The van der Waals surface area contributed by atoms with E-state index in [2.05, 4.69) is 21.6 Å². The molecule has 1 heterocycles. The Morgan fingerprint density at radius 1 is 0.951 bits per heavy atom. The number of aromatic amines is 1. The van der Waals surface area contributed by atoms with Crippen LogP contribution in [0, 0.1) is 0 Å². The molecule has 0 saturated carbocycles. The molecule has 4 rings (SSSR count). The van der Waals surface area contributed by atoms with E-state index in [4.69, 9.17) is 10.5 Å². The number of nitrogens with two attached hydrogens (primary N) is 1. The highest BCUT2D eigenvalue weighted by Crippen LogP contribution is 2.38. The second kappa shape index (κ2) is 12.8. The molecule has 0 aliphatic carbocycles. The fourth-order valence-corrected chi connectivity index (χ4v) is 5.03. The lowest BCUT2D eigenvalue weighted by Gasteiger charge is -2.35. The fraction of sp³-hybridized carbons (Fsp3) is 0.333. The van der Waals surface area contributed by atoms with Gasteiger partial charge in [-0.2, -0.15) is 13.2 Å². The van der Waals surface area contributed by atoms with Gasteiger partial charge in [0.05, 0.1) is 26.6 Å². The number of rotatable bonds is 13. The van der Waals surface area contributed by atoms with Crippen molar-refractivity contribution in [2.45, 2.75) is 50.7 Å². The maximum atomic E-state index is 13.8. The second-order valence-electron chi connectivity index (χ2n) is 10.2. The SMILES string of the molecule is CCC(N)(CCc1ccc(OCCCc2cccc(-c3cc4ccccc4[nH]3)c2)c(C(F)(F)F)c1)COP(=O)([O-])[O-]. The highest BCUT2D eigenvalue weighted by molar-refractivity contribution is 7.43. The van der Waals surface area contributed by atoms with E-state index in [0.29, 0.717) is 18.4 Å². The van der Waals surface area contributed by atoms with E-state index in [0.717, 1.165) is 33.8 Å². The Hall–Kier alpha value is -3.14. The molecule has 0 radical (unpaired) electrons. The van der Waals surface area contributed by atoms with Crippen LogP contribution < -0.4 is 20.3 Å². The summed E-state index contributed by atoms with van der Waals surface area (Å²) in [5, 5.41) is 1.12. The molecule has 41 heavy (non-hydrogen) atoms. The van der Waals surface area contributed by atoms with Crippen LogP contribution in [0.3, 0.4) is 0 Å². The Labute approximate surface area is 236 Å². The predicted molar refractivity (Wildman–Crippen MR) is 148 cm³/mol. The van der Waals surface area contributed by atoms with Crippen molar-refractivity contribution in [3.05, 3.63) is 89.5 Å². The van der Waals surface area contributed by atoms with Gasteiger partial charge in [-0.15, -0.1) is 0 Å². The number of aryl methyl sites for hydroxylation is 2. The molecule has 0 saturated heterocycles. The molecule has 0 fully saturated rings. The Morgan fingerprint density at radius 3 is 2.41 bits per heavy atom. The molecule has 4 aromatic rings. The van der Waals surface area contributed by atoms with Gasteiger partial charge in [-0.05, 0) is 79.1 Å². The first-order valence-electron chi connectivity index (χ1n) is 13.3. The van der Waals surface area contributed by atoms with Gasteiger partial charge in [0.25, 0.3) is 0 Å². The topological polar surface area (TPSA) is 123 Å². The molecule has 7 nitrogen and oxygen atoms in total. The van der Waals surface area contributed by atoms with Gasteiger partial charge in [0.1, 0.15) is 5.75 Å². The summed E-state index contributed by atoms with van der Waals surface area (Å²) in [5.74, 6) is -0.260. The van der Waals surface area contributed by atoms with Crippen molar-refractivity contribution in [2.75, 3.05) is 13.2 Å². The van der Waals surface area contributed by atoms with Crippen molar-refractivity contribution in [2.24, 2.45) is 5.73 Å². The average molecular weight is 589 g/mol. The molecule has 1 atom stereocenters. The van der Waals surface area contributed by atoms with Gasteiger partial charge in [0, 0.05) is 22.1 Å². The smallest absolute Gasteiger partial charge is 0.419 e. The summed E-state index contributed by atoms with van der Waals surface area (Å²) in [5.41, 5.74) is 8.52. The first kappa shape index (κ1) is 30.8. The Morgan fingerprint density at radius 2 is 1.71 bits per heavy atom. The first-order chi connectivity index (χ1) is 19.4. The van der Waals surface area contributed by atoms with Crippen LogP contribution in [0.1, 0.15) is 42.9 Å². The minimum Gasteiger partial charge on any atom is -0.790 e. The first-order valence-corrected chi connectivity index (χ1v) is 14.8. The van der Waals surface area contributed by atoms with Crippen LogP contribution in [0.2, 0.25) is 0 Å². The van der Waals surface area contributed by atoms with Crippen LogP contribution in [0.15, 0.2) is 72.8 Å². The standard InChI is InChI=1S/C30H34F3N2O5P/c1-2-29(34,20-40-41(36,37)38)15-14-22-12-13-28(25(18-22)30(31,32)33)39-16-6-8-21-7-5-10-23(17-21)27-19-24-9-3-4-11-26(24)35-27/h3-5,7,9-13,17-19,35H,2,6,8,14-16,20,34H2,1H3,(H2,36,37,38)/p-2. The number of ether oxygens (including phenoxy) is 1. The van der Waals surface area contributed by atoms with Crippen molar-refractivity contribution in [3.63, 3.8) is 0 Å². The van der Waals surface area contributed by atoms with Gasteiger partial charge < -0.3 is 34.3 Å². The molecule has 11 heteroatoms. The minimum absolute atomic E-state index is 0.0998. The summed E-state index contributed by atoms with van der Waals surface area (Å²) in [6.45, 7) is 1.24. The lowest BCUT2D eigenvalue weighted by molar-refractivity contribution is -0.342. The lowest BCUT2D eigenvalue weighted by Crippen LogP contribution is -2.45. The van der Waals surface area contributed by atoms with Gasteiger partial charge in [-0.3, -0.25) is 0 Å². The highest BCUT2D eigenvalue weighted by Gasteiger charge is 2.35.